The molecule has 22 heavy (non-hydrogen) atoms. The average Bonchev–Trinajstić information content (AvgIpc) is 2.48. The second kappa shape index (κ2) is 5.78. The van der Waals surface area contributed by atoms with E-state index in [-0.39, 0.29) is 15.0 Å². The summed E-state index contributed by atoms with van der Waals surface area (Å²) in [6.45, 7) is 0. The van der Waals surface area contributed by atoms with E-state index in [1.165, 1.54) is 13.2 Å². The van der Waals surface area contributed by atoms with Crippen LogP contribution >= 0.6 is 11.6 Å². The Morgan fingerprint density at radius 2 is 2.00 bits per heavy atom. The summed E-state index contributed by atoms with van der Waals surface area (Å²) in [5, 5.41) is 12.4. The molecule has 0 saturated carbocycles. The average molecular weight is 345 g/mol. The number of carboxylic acid groups (broad SMARTS) is 1. The molecule has 2 aromatic rings. The molecule has 0 aliphatic heterocycles. The van der Waals surface area contributed by atoms with E-state index in [2.05, 4.69) is 5.10 Å². The number of carbonyl (C=O) groups is 1. The first kappa shape index (κ1) is 16.0. The number of carboxylic acids is 1. The number of halogens is 1. The lowest BCUT2D eigenvalue weighted by Gasteiger charge is -2.10. The highest BCUT2D eigenvalue weighted by atomic mass is 35.5. The summed E-state index contributed by atoms with van der Waals surface area (Å²) in [6.07, 6.45) is 0. The fraction of sp³-hybridized carbons (Fsp3) is 0.0833. The molecule has 0 unspecified atom stereocenters. The number of rotatable bonds is 4. The van der Waals surface area contributed by atoms with E-state index >= 15 is 0 Å². The van der Waals surface area contributed by atoms with E-state index < -0.39 is 32.0 Å². The third kappa shape index (κ3) is 2.81. The number of nitrogens with zero attached hydrogens (tertiary/aromatic N) is 2. The normalized spacial score (nSPS) is 11.2. The van der Waals surface area contributed by atoms with E-state index in [9.17, 15) is 18.0 Å². The fourth-order valence-corrected chi connectivity index (χ4v) is 3.19. The van der Waals surface area contributed by atoms with Gasteiger partial charge in [0.05, 0.1) is 12.7 Å². The Morgan fingerprint density at radius 3 is 2.59 bits per heavy atom. The van der Waals surface area contributed by atoms with E-state index in [0.717, 1.165) is 24.3 Å². The van der Waals surface area contributed by atoms with Gasteiger partial charge in [-0.2, -0.15) is 8.42 Å². The lowest BCUT2D eigenvalue weighted by molar-refractivity contribution is 0.0692. The highest BCUT2D eigenvalue weighted by molar-refractivity contribution is 7.89. The molecule has 0 radical (unpaired) electrons. The minimum atomic E-state index is -4.52. The third-order valence-electron chi connectivity index (χ3n) is 2.66. The van der Waals surface area contributed by atoms with Gasteiger partial charge in [-0.3, -0.25) is 4.79 Å². The first-order valence-electron chi connectivity index (χ1n) is 5.70. The molecule has 2 rings (SSSR count). The molecule has 116 valence electrons. The SMILES string of the molecule is COc1ccc(S(=O)(=O)n2nc(Cl)ccc2=O)c(C(=O)O)c1. The summed E-state index contributed by atoms with van der Waals surface area (Å²) in [6, 6.07) is 5.35. The van der Waals surface area contributed by atoms with Crippen molar-refractivity contribution in [1.29, 1.82) is 0 Å². The van der Waals surface area contributed by atoms with Gasteiger partial charge in [0.25, 0.3) is 15.6 Å². The third-order valence-corrected chi connectivity index (χ3v) is 4.49. The van der Waals surface area contributed by atoms with Crippen molar-refractivity contribution in [1.82, 2.24) is 9.19 Å². The summed E-state index contributed by atoms with van der Waals surface area (Å²) in [7, 11) is -3.22. The Balaban J connectivity index is 2.76. The molecule has 1 aromatic heterocycles. The first-order chi connectivity index (χ1) is 10.3. The Morgan fingerprint density at radius 1 is 1.32 bits per heavy atom. The monoisotopic (exact) mass is 344 g/mol. The number of methoxy groups -OCH3 is 1. The van der Waals surface area contributed by atoms with Crippen molar-refractivity contribution >= 4 is 27.6 Å². The Hall–Kier alpha value is -2.39. The molecule has 0 fully saturated rings. The molecule has 8 nitrogen and oxygen atoms in total. The predicted molar refractivity (Wildman–Crippen MR) is 76.0 cm³/mol. The molecular weight excluding hydrogens is 336 g/mol. The van der Waals surface area contributed by atoms with E-state index in [4.69, 9.17) is 21.4 Å². The van der Waals surface area contributed by atoms with Crippen LogP contribution in [0.4, 0.5) is 0 Å². The maximum Gasteiger partial charge on any atom is 0.337 e. The first-order valence-corrected chi connectivity index (χ1v) is 7.52. The van der Waals surface area contributed by atoms with Crippen LogP contribution in [0, 0.1) is 0 Å². The summed E-state index contributed by atoms with van der Waals surface area (Å²) in [4.78, 5) is 22.4. The second-order valence-corrected chi connectivity index (χ2v) is 6.13. The van der Waals surface area contributed by atoms with Crippen LogP contribution in [-0.4, -0.2) is 35.8 Å². The Kier molecular flexibility index (Phi) is 4.20. The number of hydrogen-bond donors (Lipinski definition) is 1. The van der Waals surface area contributed by atoms with Gasteiger partial charge in [-0.15, -0.1) is 9.19 Å². The van der Waals surface area contributed by atoms with Crippen LogP contribution in [0.25, 0.3) is 0 Å². The molecule has 0 saturated heterocycles. The van der Waals surface area contributed by atoms with Crippen molar-refractivity contribution in [3.05, 3.63) is 51.4 Å². The zero-order valence-corrected chi connectivity index (χ0v) is 12.6. The topological polar surface area (TPSA) is 116 Å². The van der Waals surface area contributed by atoms with Crippen molar-refractivity contribution in [3.8, 4) is 5.75 Å². The Bertz CT molecular complexity index is 906. The number of ether oxygens (including phenoxy) is 1. The van der Waals surface area contributed by atoms with E-state index in [0.29, 0.717) is 0 Å². The van der Waals surface area contributed by atoms with Gasteiger partial charge in [-0.1, -0.05) is 11.6 Å². The maximum atomic E-state index is 12.5. The molecule has 1 aromatic carbocycles. The summed E-state index contributed by atoms with van der Waals surface area (Å²) in [5.41, 5.74) is -1.51. The van der Waals surface area contributed by atoms with Gasteiger partial charge in [0.15, 0.2) is 5.15 Å². The Labute approximate surface area is 129 Å². The lowest BCUT2D eigenvalue weighted by Crippen LogP contribution is -2.30. The smallest absolute Gasteiger partial charge is 0.337 e. The standard InChI is InChI=1S/C12H9ClN2O6S/c1-21-7-2-3-9(8(6-7)12(17)18)22(19,20)15-11(16)5-4-10(13)14-15/h2-6H,1H3,(H,17,18). The van der Waals surface area contributed by atoms with Gasteiger partial charge in [0.1, 0.15) is 10.6 Å². The molecule has 0 aliphatic rings. The van der Waals surface area contributed by atoms with Gasteiger partial charge < -0.3 is 9.84 Å². The van der Waals surface area contributed by atoms with Crippen LogP contribution in [0.2, 0.25) is 5.15 Å². The molecular formula is C12H9ClN2O6S. The van der Waals surface area contributed by atoms with Crippen LogP contribution in [0.3, 0.4) is 0 Å². The van der Waals surface area contributed by atoms with Crippen molar-refractivity contribution in [2.75, 3.05) is 7.11 Å². The molecule has 0 amide bonds. The van der Waals surface area contributed by atoms with Gasteiger partial charge in [0, 0.05) is 6.07 Å². The molecule has 1 N–H and O–H groups in total. The summed E-state index contributed by atoms with van der Waals surface area (Å²) < 4.78 is 29.9. The van der Waals surface area contributed by atoms with Crippen LogP contribution in [0.5, 0.6) is 5.75 Å². The van der Waals surface area contributed by atoms with Crippen molar-refractivity contribution in [2.24, 2.45) is 0 Å². The largest absolute Gasteiger partial charge is 0.497 e. The molecule has 1 heterocycles. The molecule has 0 bridgehead atoms. The number of hydrogen-bond acceptors (Lipinski definition) is 6. The van der Waals surface area contributed by atoms with Crippen molar-refractivity contribution < 1.29 is 23.1 Å². The lowest BCUT2D eigenvalue weighted by atomic mass is 10.2. The summed E-state index contributed by atoms with van der Waals surface area (Å²) >= 11 is 5.59. The van der Waals surface area contributed by atoms with Crippen LogP contribution in [-0.2, 0) is 10.0 Å². The molecule has 0 atom stereocenters. The van der Waals surface area contributed by atoms with Crippen LogP contribution < -0.4 is 10.3 Å². The summed E-state index contributed by atoms with van der Waals surface area (Å²) in [5.74, 6) is -1.34. The quantitative estimate of drug-likeness (QED) is 0.873. The van der Waals surface area contributed by atoms with Gasteiger partial charge in [0.2, 0.25) is 0 Å². The molecule has 0 spiro atoms. The number of benzene rings is 1. The van der Waals surface area contributed by atoms with Crippen molar-refractivity contribution in [2.45, 2.75) is 4.90 Å². The van der Waals surface area contributed by atoms with Crippen LogP contribution in [0.15, 0.2) is 40.0 Å². The number of aromatic carboxylic acids is 1. The van der Waals surface area contributed by atoms with Crippen LogP contribution in [0.1, 0.15) is 10.4 Å². The second-order valence-electron chi connectivity index (χ2n) is 4.01. The van der Waals surface area contributed by atoms with Gasteiger partial charge in [-0.05, 0) is 24.3 Å². The minimum absolute atomic E-state index is 0.142. The maximum absolute atomic E-state index is 12.5. The molecule has 0 aliphatic carbocycles. The molecule has 10 heteroatoms. The highest BCUT2D eigenvalue weighted by Gasteiger charge is 2.26. The minimum Gasteiger partial charge on any atom is -0.497 e. The van der Waals surface area contributed by atoms with E-state index in [1.54, 1.807) is 0 Å². The van der Waals surface area contributed by atoms with Gasteiger partial charge in [-0.25, -0.2) is 4.79 Å². The zero-order chi connectivity index (χ0) is 16.5. The zero-order valence-electron chi connectivity index (χ0n) is 11.1. The predicted octanol–water partition coefficient (Wildman–Crippen LogP) is 0.840. The fourth-order valence-electron chi connectivity index (χ4n) is 1.67. The highest BCUT2D eigenvalue weighted by Crippen LogP contribution is 2.23. The van der Waals surface area contributed by atoms with Gasteiger partial charge >= 0.3 is 5.97 Å². The van der Waals surface area contributed by atoms with Crippen molar-refractivity contribution in [3.63, 3.8) is 0 Å². The number of aromatic nitrogens is 2. The van der Waals surface area contributed by atoms with E-state index in [1.807, 2.05) is 0 Å².